The fourth-order valence-corrected chi connectivity index (χ4v) is 6.29. The summed E-state index contributed by atoms with van der Waals surface area (Å²) in [5, 5.41) is 3.55. The van der Waals surface area contributed by atoms with Crippen LogP contribution in [0.25, 0.3) is 0 Å². The number of rotatable bonds is 4. The van der Waals surface area contributed by atoms with E-state index in [9.17, 15) is 0 Å². The summed E-state index contributed by atoms with van der Waals surface area (Å²) in [6, 6.07) is 0. The predicted octanol–water partition coefficient (Wildman–Crippen LogP) is 4.55. The first-order valence-electron chi connectivity index (χ1n) is 8.70. The van der Waals surface area contributed by atoms with E-state index < -0.39 is 0 Å². The van der Waals surface area contributed by atoms with E-state index in [0.717, 1.165) is 35.5 Å². The molecule has 0 aromatic rings. The lowest BCUT2D eigenvalue weighted by Crippen LogP contribution is -2.35. The summed E-state index contributed by atoms with van der Waals surface area (Å²) >= 11 is 2.17. The van der Waals surface area contributed by atoms with Gasteiger partial charge in [0, 0.05) is 12.2 Å². The second-order valence-corrected chi connectivity index (χ2v) is 8.69. The van der Waals surface area contributed by atoms with Gasteiger partial charge in [-0.05, 0) is 79.1 Å². The van der Waals surface area contributed by atoms with Gasteiger partial charge in [0.2, 0.25) is 0 Å². The van der Waals surface area contributed by atoms with Crippen molar-refractivity contribution in [3.8, 4) is 0 Å². The van der Waals surface area contributed by atoms with Crippen LogP contribution in [0.3, 0.4) is 0 Å². The average molecular weight is 294 g/mol. The molecule has 1 saturated heterocycles. The van der Waals surface area contributed by atoms with Gasteiger partial charge < -0.3 is 5.32 Å². The minimum absolute atomic E-state index is 0.926. The minimum atomic E-state index is 0.926. The molecule has 0 aromatic heterocycles. The zero-order chi connectivity index (χ0) is 14.1. The van der Waals surface area contributed by atoms with E-state index in [1.807, 2.05) is 0 Å². The van der Waals surface area contributed by atoms with Crippen LogP contribution in [0.4, 0.5) is 0 Å². The van der Waals surface area contributed by atoms with E-state index in [1.54, 1.807) is 0 Å². The third-order valence-corrected chi connectivity index (χ3v) is 7.57. The molecule has 0 aromatic carbocycles. The third-order valence-electron chi connectivity index (χ3n) is 6.49. The van der Waals surface area contributed by atoms with E-state index in [4.69, 9.17) is 0 Å². The van der Waals surface area contributed by atoms with Crippen molar-refractivity contribution in [3.63, 3.8) is 0 Å². The van der Waals surface area contributed by atoms with Crippen molar-refractivity contribution in [2.45, 2.75) is 46.0 Å². The van der Waals surface area contributed by atoms with Crippen molar-refractivity contribution in [2.24, 2.45) is 35.5 Å². The Morgan fingerprint density at radius 3 is 2.75 bits per heavy atom. The summed E-state index contributed by atoms with van der Waals surface area (Å²) in [7, 11) is 0. The van der Waals surface area contributed by atoms with Crippen LogP contribution in [-0.4, -0.2) is 18.1 Å². The quantitative estimate of drug-likeness (QED) is 0.816. The Balaban J connectivity index is 1.63. The maximum Gasteiger partial charge on any atom is 0.0174 e. The lowest BCUT2D eigenvalue weighted by Gasteiger charge is -2.37. The van der Waals surface area contributed by atoms with Gasteiger partial charge >= 0.3 is 0 Å². The second-order valence-electron chi connectivity index (χ2n) is 7.37. The van der Waals surface area contributed by atoms with Crippen LogP contribution in [-0.2, 0) is 0 Å². The highest BCUT2D eigenvalue weighted by Gasteiger charge is 2.49. The lowest BCUT2D eigenvalue weighted by molar-refractivity contribution is 0.154. The normalized spacial score (nSPS) is 44.4. The molecule has 3 rings (SSSR count). The van der Waals surface area contributed by atoms with Crippen LogP contribution < -0.4 is 5.32 Å². The van der Waals surface area contributed by atoms with Crippen LogP contribution >= 0.6 is 11.8 Å². The van der Waals surface area contributed by atoms with Crippen molar-refractivity contribution in [3.05, 3.63) is 12.3 Å². The number of thioether (sulfide) groups is 1. The van der Waals surface area contributed by atoms with Crippen molar-refractivity contribution in [1.82, 2.24) is 5.32 Å². The van der Waals surface area contributed by atoms with Crippen LogP contribution in [0.15, 0.2) is 12.3 Å². The molecule has 6 atom stereocenters. The molecule has 3 aliphatic rings. The standard InChI is InChI=1S/C18H31NS/c1-4-20-11-15-7-8-16-13(3)17(15)9-18(16)14-6-5-12(2)19-10-14/h13-19H,2,4-11H2,1,3H3. The zero-order valence-electron chi connectivity index (χ0n) is 13.2. The summed E-state index contributed by atoms with van der Waals surface area (Å²) in [4.78, 5) is 0. The number of piperidine rings is 1. The average Bonchev–Trinajstić information content (AvgIpc) is 2.67. The lowest BCUT2D eigenvalue weighted by atomic mass is 9.71. The van der Waals surface area contributed by atoms with Crippen LogP contribution in [0.5, 0.6) is 0 Å². The molecule has 0 radical (unpaired) electrons. The Kier molecular flexibility index (Phi) is 4.69. The first-order valence-corrected chi connectivity index (χ1v) is 9.85. The largest absolute Gasteiger partial charge is 0.389 e. The predicted molar refractivity (Wildman–Crippen MR) is 89.8 cm³/mol. The van der Waals surface area contributed by atoms with Gasteiger partial charge in [0.1, 0.15) is 0 Å². The van der Waals surface area contributed by atoms with Crippen molar-refractivity contribution < 1.29 is 0 Å². The third kappa shape index (κ3) is 2.77. The molecule has 6 unspecified atom stereocenters. The minimum Gasteiger partial charge on any atom is -0.389 e. The fourth-order valence-electron chi connectivity index (χ4n) is 5.34. The Morgan fingerprint density at radius 2 is 2.05 bits per heavy atom. The van der Waals surface area contributed by atoms with E-state index in [2.05, 4.69) is 37.5 Å². The molecule has 2 aliphatic carbocycles. The Morgan fingerprint density at radius 1 is 1.20 bits per heavy atom. The van der Waals surface area contributed by atoms with Gasteiger partial charge in [0.15, 0.2) is 0 Å². The highest BCUT2D eigenvalue weighted by atomic mass is 32.2. The fraction of sp³-hybridized carbons (Fsp3) is 0.889. The van der Waals surface area contributed by atoms with Crippen molar-refractivity contribution >= 4 is 11.8 Å². The Labute approximate surface area is 129 Å². The molecule has 2 bridgehead atoms. The highest BCUT2D eigenvalue weighted by molar-refractivity contribution is 7.99. The smallest absolute Gasteiger partial charge is 0.0174 e. The molecule has 2 saturated carbocycles. The molecule has 1 N–H and O–H groups in total. The first-order chi connectivity index (χ1) is 9.70. The van der Waals surface area contributed by atoms with Gasteiger partial charge in [0.05, 0.1) is 0 Å². The molecule has 1 aliphatic heterocycles. The maximum absolute atomic E-state index is 4.09. The SMILES string of the molecule is C=C1CCC(C2CC3C(CSCC)CCC2C3C)CN1. The Hall–Kier alpha value is -0.110. The summed E-state index contributed by atoms with van der Waals surface area (Å²) in [5.74, 6) is 8.71. The number of hydrogen-bond donors (Lipinski definition) is 1. The maximum atomic E-state index is 4.09. The van der Waals surface area contributed by atoms with Gasteiger partial charge in [-0.3, -0.25) is 0 Å². The van der Waals surface area contributed by atoms with Gasteiger partial charge in [0.25, 0.3) is 0 Å². The van der Waals surface area contributed by atoms with E-state index in [0.29, 0.717) is 0 Å². The molecule has 0 spiro atoms. The molecule has 1 nitrogen and oxygen atoms in total. The number of fused-ring (bicyclic) bond motifs is 2. The van der Waals surface area contributed by atoms with Crippen LogP contribution in [0, 0.1) is 35.5 Å². The van der Waals surface area contributed by atoms with E-state index in [1.165, 1.54) is 55.9 Å². The Bertz CT molecular complexity index is 343. The molecule has 20 heavy (non-hydrogen) atoms. The van der Waals surface area contributed by atoms with E-state index >= 15 is 0 Å². The van der Waals surface area contributed by atoms with Crippen LogP contribution in [0.1, 0.15) is 46.0 Å². The molecule has 0 amide bonds. The summed E-state index contributed by atoms with van der Waals surface area (Å²) in [6.07, 6.45) is 7.15. The first kappa shape index (κ1) is 14.8. The molecule has 2 heteroatoms. The topological polar surface area (TPSA) is 12.0 Å². The second kappa shape index (κ2) is 6.34. The summed E-state index contributed by atoms with van der Waals surface area (Å²) in [5.41, 5.74) is 1.27. The van der Waals surface area contributed by atoms with Gasteiger partial charge in [-0.1, -0.05) is 20.4 Å². The van der Waals surface area contributed by atoms with Gasteiger partial charge in [-0.15, -0.1) is 0 Å². The summed E-state index contributed by atoms with van der Waals surface area (Å²) in [6.45, 7) is 10.2. The number of hydrogen-bond acceptors (Lipinski definition) is 2. The van der Waals surface area contributed by atoms with Crippen molar-refractivity contribution in [1.29, 1.82) is 0 Å². The summed E-state index contributed by atoms with van der Waals surface area (Å²) < 4.78 is 0. The van der Waals surface area contributed by atoms with Gasteiger partial charge in [-0.25, -0.2) is 0 Å². The molecular weight excluding hydrogens is 262 g/mol. The monoisotopic (exact) mass is 293 g/mol. The number of allylic oxidation sites excluding steroid dienone is 1. The zero-order valence-corrected chi connectivity index (χ0v) is 14.1. The highest BCUT2D eigenvalue weighted by Crippen LogP contribution is 2.56. The molecule has 1 heterocycles. The van der Waals surface area contributed by atoms with E-state index in [-0.39, 0.29) is 0 Å². The van der Waals surface area contributed by atoms with Crippen molar-refractivity contribution in [2.75, 3.05) is 18.1 Å². The number of nitrogens with one attached hydrogen (secondary N) is 1. The molecule has 114 valence electrons. The van der Waals surface area contributed by atoms with Gasteiger partial charge in [-0.2, -0.15) is 11.8 Å². The molecule has 3 fully saturated rings. The molecular formula is C18H31NS. The van der Waals surface area contributed by atoms with Crippen LogP contribution in [0.2, 0.25) is 0 Å².